The van der Waals surface area contributed by atoms with Crippen LogP contribution in [0.4, 0.5) is 0 Å². The summed E-state index contributed by atoms with van der Waals surface area (Å²) < 4.78 is 8.70. The maximum absolute atomic E-state index is 8.70. The molecular weight excluding hydrogens is 307 g/mol. The molecule has 0 saturated heterocycles. The van der Waals surface area contributed by atoms with Crippen molar-refractivity contribution in [3.8, 4) is 0 Å². The van der Waals surface area contributed by atoms with Crippen molar-refractivity contribution < 1.29 is 14.4 Å². The first kappa shape index (κ1) is 27.8. The first-order valence-corrected chi connectivity index (χ1v) is 10.7. The van der Waals surface area contributed by atoms with Gasteiger partial charge in [0.1, 0.15) is 0 Å². The van der Waals surface area contributed by atoms with Gasteiger partial charge in [0.15, 0.2) is 0 Å². The molecule has 0 atom stereocenters. The van der Waals surface area contributed by atoms with Crippen molar-refractivity contribution in [3.63, 3.8) is 0 Å². The Balaban J connectivity index is -0.000000712. The van der Waals surface area contributed by atoms with Gasteiger partial charge in [-0.15, -0.1) is 9.79 Å². The van der Waals surface area contributed by atoms with E-state index in [0.29, 0.717) is 0 Å². The summed E-state index contributed by atoms with van der Waals surface area (Å²) in [7, 11) is -2.87. The summed E-state index contributed by atoms with van der Waals surface area (Å²) >= 11 is 0. The summed E-state index contributed by atoms with van der Waals surface area (Å²) in [6.45, 7) is 4.59. The van der Waals surface area contributed by atoms with E-state index in [-0.39, 0.29) is 7.43 Å². The lowest BCUT2D eigenvalue weighted by Gasteiger charge is -2.03. The van der Waals surface area contributed by atoms with Crippen LogP contribution in [-0.2, 0) is 4.57 Å². The fourth-order valence-electron chi connectivity index (χ4n) is 2.62. The van der Waals surface area contributed by atoms with Gasteiger partial charge in [0.25, 0.3) is 0 Å². The third-order valence-corrected chi connectivity index (χ3v) is 3.96. The average Bonchev–Trinajstić information content (AvgIpc) is 2.47. The Morgan fingerprint density at radius 3 is 0.783 bits per heavy atom. The molecule has 2 N–H and O–H groups in total. The number of hydrogen-bond donors (Lipinski definition) is 2. The zero-order valence-electron chi connectivity index (χ0n) is 15.1. The fourth-order valence-corrected chi connectivity index (χ4v) is 2.62. The maximum atomic E-state index is 8.70. The van der Waals surface area contributed by atoms with Crippen molar-refractivity contribution in [1.29, 1.82) is 0 Å². The van der Waals surface area contributed by atoms with Gasteiger partial charge in [0, 0.05) is 4.57 Å². The molecule has 0 bridgehead atoms. The molecule has 0 aromatic rings. The molecule has 4 heteroatoms. The Labute approximate surface area is 147 Å². The van der Waals surface area contributed by atoms with Crippen molar-refractivity contribution in [2.75, 3.05) is 0 Å². The van der Waals surface area contributed by atoms with Gasteiger partial charge in [-0.25, -0.2) is 0 Å². The van der Waals surface area contributed by atoms with Crippen molar-refractivity contribution in [2.45, 2.75) is 124 Å². The molecule has 23 heavy (non-hydrogen) atoms. The summed E-state index contributed by atoms with van der Waals surface area (Å²) in [4.78, 5) is 14.2. The predicted molar refractivity (Wildman–Crippen MR) is 104 cm³/mol. The number of hydrogen-bond acceptors (Lipinski definition) is 1. The van der Waals surface area contributed by atoms with E-state index in [2.05, 4.69) is 13.8 Å². The second-order valence-corrected chi connectivity index (χ2v) is 6.71. The minimum absolute atomic E-state index is 0. The summed E-state index contributed by atoms with van der Waals surface area (Å²) in [5.74, 6) is 0. The van der Waals surface area contributed by atoms with E-state index in [1.54, 1.807) is 0 Å². The Morgan fingerprint density at radius 1 is 0.522 bits per heavy atom. The van der Waals surface area contributed by atoms with E-state index in [4.69, 9.17) is 14.4 Å². The standard InChI is InChI=1S/C18H38.CH4.HO3P/c1-3-5-7-9-11-13-15-17-18-16-14-12-10-8-6-4-2;;1-4(2)3/h3-18H2,1-2H3;1H4;(H-,1,2,3)/p+1. The van der Waals surface area contributed by atoms with Gasteiger partial charge in [0.2, 0.25) is 0 Å². The largest absolute Gasteiger partial charge is 0.692 e. The predicted octanol–water partition coefficient (Wildman–Crippen LogP) is 7.53. The van der Waals surface area contributed by atoms with E-state index in [1.165, 1.54) is 103 Å². The molecule has 0 radical (unpaired) electrons. The first-order valence-electron chi connectivity index (χ1n) is 9.50. The van der Waals surface area contributed by atoms with Gasteiger partial charge in [-0.3, -0.25) is 0 Å². The van der Waals surface area contributed by atoms with Crippen LogP contribution in [0.25, 0.3) is 0 Å². The molecule has 0 aromatic carbocycles. The van der Waals surface area contributed by atoms with Crippen LogP contribution in [0.1, 0.15) is 124 Å². The molecule has 142 valence electrons. The van der Waals surface area contributed by atoms with Crippen LogP contribution in [0.2, 0.25) is 0 Å². The molecule has 3 nitrogen and oxygen atoms in total. The molecule has 0 aliphatic rings. The molecule has 0 aliphatic heterocycles. The summed E-state index contributed by atoms with van der Waals surface area (Å²) in [5.41, 5.74) is 0. The molecule has 0 rings (SSSR count). The second-order valence-electron chi connectivity index (χ2n) is 6.20. The minimum atomic E-state index is -2.87. The van der Waals surface area contributed by atoms with Crippen molar-refractivity contribution in [2.24, 2.45) is 0 Å². The lowest BCUT2D eigenvalue weighted by Crippen LogP contribution is -1.83. The van der Waals surface area contributed by atoms with Crippen LogP contribution < -0.4 is 0 Å². The fraction of sp³-hybridized carbons (Fsp3) is 1.00. The van der Waals surface area contributed by atoms with Gasteiger partial charge >= 0.3 is 8.25 Å². The highest BCUT2D eigenvalue weighted by molar-refractivity contribution is 7.30. The highest BCUT2D eigenvalue weighted by atomic mass is 31.1. The molecule has 0 fully saturated rings. The monoisotopic (exact) mass is 351 g/mol. The third kappa shape index (κ3) is 39.1. The van der Waals surface area contributed by atoms with Gasteiger partial charge in [-0.2, -0.15) is 0 Å². The maximum Gasteiger partial charge on any atom is 0.692 e. The van der Waals surface area contributed by atoms with E-state index >= 15 is 0 Å². The Morgan fingerprint density at radius 2 is 0.652 bits per heavy atom. The van der Waals surface area contributed by atoms with Crippen LogP contribution >= 0.6 is 8.25 Å². The summed E-state index contributed by atoms with van der Waals surface area (Å²) in [6.07, 6.45) is 23.4. The highest BCUT2D eigenvalue weighted by Crippen LogP contribution is 2.13. The van der Waals surface area contributed by atoms with Crippen LogP contribution in [0.3, 0.4) is 0 Å². The zero-order valence-corrected chi connectivity index (χ0v) is 16.0. The van der Waals surface area contributed by atoms with E-state index in [9.17, 15) is 0 Å². The van der Waals surface area contributed by atoms with Crippen LogP contribution in [-0.4, -0.2) is 9.79 Å². The SMILES string of the molecule is C.CCCCCCCCCCCCCCCCCC.O=[P+](O)O. The van der Waals surface area contributed by atoms with Gasteiger partial charge in [-0.1, -0.05) is 124 Å². The molecule has 0 aliphatic carbocycles. The average molecular weight is 352 g/mol. The molecular formula is C19H44O3P+. The van der Waals surface area contributed by atoms with Crippen LogP contribution in [0.5, 0.6) is 0 Å². The summed E-state index contributed by atoms with van der Waals surface area (Å²) in [6, 6.07) is 0. The lowest BCUT2D eigenvalue weighted by molar-refractivity contribution is 0.405. The Hall–Kier alpha value is 0.0200. The van der Waals surface area contributed by atoms with Crippen LogP contribution in [0, 0.1) is 0 Å². The molecule has 0 aromatic heterocycles. The smallest absolute Gasteiger partial charge is 0.134 e. The van der Waals surface area contributed by atoms with E-state index < -0.39 is 8.25 Å². The normalized spacial score (nSPS) is 9.74. The minimum Gasteiger partial charge on any atom is -0.134 e. The van der Waals surface area contributed by atoms with Gasteiger partial charge in [0.05, 0.1) is 0 Å². The zero-order chi connectivity index (χ0) is 16.9. The lowest BCUT2D eigenvalue weighted by atomic mass is 10.0. The third-order valence-electron chi connectivity index (χ3n) is 3.96. The van der Waals surface area contributed by atoms with E-state index in [1.807, 2.05) is 0 Å². The van der Waals surface area contributed by atoms with Gasteiger partial charge < -0.3 is 0 Å². The molecule has 0 heterocycles. The second kappa shape index (κ2) is 26.9. The quantitative estimate of drug-likeness (QED) is 0.237. The molecule has 0 unspecified atom stereocenters. The van der Waals surface area contributed by atoms with Crippen molar-refractivity contribution in [3.05, 3.63) is 0 Å². The van der Waals surface area contributed by atoms with Crippen molar-refractivity contribution >= 4 is 8.25 Å². The van der Waals surface area contributed by atoms with Gasteiger partial charge in [-0.05, 0) is 0 Å². The van der Waals surface area contributed by atoms with E-state index in [0.717, 1.165) is 0 Å². The Kier molecular flexibility index (Phi) is 32.6. The first-order chi connectivity index (χ1) is 10.6. The molecule has 0 spiro atoms. The number of unbranched alkanes of at least 4 members (excludes halogenated alkanes) is 15. The topological polar surface area (TPSA) is 57.5 Å². The molecule has 0 saturated carbocycles. The summed E-state index contributed by atoms with van der Waals surface area (Å²) in [5, 5.41) is 0. The number of rotatable bonds is 15. The Bertz CT molecular complexity index is 191. The van der Waals surface area contributed by atoms with Crippen LogP contribution in [0.15, 0.2) is 0 Å². The molecule has 0 amide bonds. The van der Waals surface area contributed by atoms with Crippen molar-refractivity contribution in [1.82, 2.24) is 0 Å². The highest BCUT2D eigenvalue weighted by Gasteiger charge is 1.94.